The number of terminal acetylenes is 1. The monoisotopic (exact) mass is 366 g/mol. The summed E-state index contributed by atoms with van der Waals surface area (Å²) in [6.07, 6.45) is 6.14. The fraction of sp³-hybridized carbons (Fsp3) is 0.471. The molecule has 0 bridgehead atoms. The Morgan fingerprint density at radius 3 is 2.82 bits per heavy atom. The largest absolute Gasteiger partial charge is 0.481 e. The highest BCUT2D eigenvalue weighted by Gasteiger charge is 2.15. The van der Waals surface area contributed by atoms with Gasteiger partial charge in [0.1, 0.15) is 12.4 Å². The molecule has 4 nitrogen and oxygen atoms in total. The van der Waals surface area contributed by atoms with Gasteiger partial charge < -0.3 is 15.4 Å². The molecule has 1 aromatic rings. The van der Waals surface area contributed by atoms with Crippen LogP contribution in [-0.4, -0.2) is 24.6 Å². The molecule has 1 aromatic carbocycles. The van der Waals surface area contributed by atoms with Crippen LogP contribution in [0.1, 0.15) is 32.8 Å². The van der Waals surface area contributed by atoms with Crippen molar-refractivity contribution in [3.05, 3.63) is 28.2 Å². The zero-order chi connectivity index (χ0) is 16.5. The Balaban J connectivity index is 2.64. The van der Waals surface area contributed by atoms with Crippen molar-refractivity contribution in [3.63, 3.8) is 0 Å². The van der Waals surface area contributed by atoms with Gasteiger partial charge >= 0.3 is 0 Å². The van der Waals surface area contributed by atoms with Crippen LogP contribution in [0, 0.1) is 12.3 Å². The maximum atomic E-state index is 12.0. The van der Waals surface area contributed by atoms with Gasteiger partial charge in [-0.2, -0.15) is 0 Å². The van der Waals surface area contributed by atoms with Crippen LogP contribution in [0.5, 0.6) is 5.75 Å². The third-order valence-electron chi connectivity index (χ3n) is 3.33. The molecule has 0 spiro atoms. The van der Waals surface area contributed by atoms with E-state index >= 15 is 0 Å². The van der Waals surface area contributed by atoms with Gasteiger partial charge in [0.25, 0.3) is 0 Å². The Morgan fingerprint density at radius 2 is 2.18 bits per heavy atom. The van der Waals surface area contributed by atoms with Gasteiger partial charge in [-0.15, -0.1) is 6.42 Å². The summed E-state index contributed by atoms with van der Waals surface area (Å²) in [7, 11) is 0. The SMILES string of the molecule is C#CCOc1ccc(Br)cc1CNC(C)C(=O)NC(C)CC. The van der Waals surface area contributed by atoms with Crippen LogP contribution < -0.4 is 15.4 Å². The molecule has 2 N–H and O–H groups in total. The molecule has 0 saturated carbocycles. The van der Waals surface area contributed by atoms with E-state index in [0.29, 0.717) is 6.54 Å². The van der Waals surface area contributed by atoms with E-state index in [2.05, 4.69) is 32.5 Å². The summed E-state index contributed by atoms with van der Waals surface area (Å²) in [5.41, 5.74) is 0.952. The molecule has 0 aliphatic heterocycles. The molecule has 22 heavy (non-hydrogen) atoms. The first-order valence-corrected chi connectivity index (χ1v) is 8.15. The molecular weight excluding hydrogens is 344 g/mol. The normalized spacial score (nSPS) is 13.0. The molecule has 5 heteroatoms. The van der Waals surface area contributed by atoms with Crippen molar-refractivity contribution in [1.29, 1.82) is 0 Å². The summed E-state index contributed by atoms with van der Waals surface area (Å²) in [6.45, 7) is 6.62. The highest BCUT2D eigenvalue weighted by Crippen LogP contribution is 2.23. The van der Waals surface area contributed by atoms with Crippen molar-refractivity contribution in [2.45, 2.75) is 45.8 Å². The standard InChI is InChI=1S/C17H23BrN2O2/c1-5-9-22-16-8-7-15(18)10-14(16)11-19-13(4)17(21)20-12(3)6-2/h1,7-8,10,12-13,19H,6,9,11H2,2-4H3,(H,20,21). The van der Waals surface area contributed by atoms with Crippen LogP contribution in [-0.2, 0) is 11.3 Å². The number of rotatable bonds is 8. The second kappa shape index (κ2) is 9.50. The summed E-state index contributed by atoms with van der Waals surface area (Å²) in [4.78, 5) is 12.0. The Labute approximate surface area is 141 Å². The third-order valence-corrected chi connectivity index (χ3v) is 3.82. The third kappa shape index (κ3) is 6.08. The number of carbonyl (C=O) groups excluding carboxylic acids is 1. The van der Waals surface area contributed by atoms with Crippen LogP contribution in [0.3, 0.4) is 0 Å². The second-order valence-electron chi connectivity index (χ2n) is 5.17. The number of hydrogen-bond acceptors (Lipinski definition) is 3. The van der Waals surface area contributed by atoms with Gasteiger partial charge in [-0.1, -0.05) is 28.8 Å². The molecule has 0 aliphatic carbocycles. The number of hydrogen-bond donors (Lipinski definition) is 2. The van der Waals surface area contributed by atoms with Crippen molar-refractivity contribution >= 4 is 21.8 Å². The van der Waals surface area contributed by atoms with E-state index in [-0.39, 0.29) is 24.6 Å². The lowest BCUT2D eigenvalue weighted by atomic mass is 10.1. The van der Waals surface area contributed by atoms with Gasteiger partial charge in [0, 0.05) is 22.6 Å². The maximum absolute atomic E-state index is 12.0. The van der Waals surface area contributed by atoms with Crippen LogP contribution in [0.4, 0.5) is 0 Å². The number of carbonyl (C=O) groups is 1. The Bertz CT molecular complexity index is 540. The first-order valence-electron chi connectivity index (χ1n) is 7.36. The van der Waals surface area contributed by atoms with Crippen molar-refractivity contribution in [2.24, 2.45) is 0 Å². The Hall–Kier alpha value is -1.51. The molecule has 2 unspecified atom stereocenters. The van der Waals surface area contributed by atoms with Crippen LogP contribution in [0.2, 0.25) is 0 Å². The summed E-state index contributed by atoms with van der Waals surface area (Å²) < 4.78 is 6.47. The number of benzene rings is 1. The van der Waals surface area contributed by atoms with Crippen molar-refractivity contribution in [2.75, 3.05) is 6.61 Å². The summed E-state index contributed by atoms with van der Waals surface area (Å²) in [5, 5.41) is 6.17. The fourth-order valence-corrected chi connectivity index (χ4v) is 2.18. The van der Waals surface area contributed by atoms with Gasteiger partial charge in [0.05, 0.1) is 6.04 Å². The molecule has 0 radical (unpaired) electrons. The number of amides is 1. The van der Waals surface area contributed by atoms with Crippen molar-refractivity contribution in [1.82, 2.24) is 10.6 Å². The highest BCUT2D eigenvalue weighted by molar-refractivity contribution is 9.10. The molecule has 0 fully saturated rings. The average molecular weight is 367 g/mol. The van der Waals surface area contributed by atoms with E-state index in [4.69, 9.17) is 11.2 Å². The van der Waals surface area contributed by atoms with Crippen LogP contribution in [0.15, 0.2) is 22.7 Å². The van der Waals surface area contributed by atoms with Crippen molar-refractivity contribution in [3.8, 4) is 18.1 Å². The topological polar surface area (TPSA) is 50.4 Å². The maximum Gasteiger partial charge on any atom is 0.237 e. The highest BCUT2D eigenvalue weighted by atomic mass is 79.9. The van der Waals surface area contributed by atoms with E-state index in [1.54, 1.807) is 0 Å². The Kier molecular flexibility index (Phi) is 8.00. The number of ether oxygens (including phenoxy) is 1. The van der Waals surface area contributed by atoms with E-state index in [1.165, 1.54) is 0 Å². The molecule has 120 valence electrons. The molecule has 0 aromatic heterocycles. The smallest absolute Gasteiger partial charge is 0.237 e. The predicted molar refractivity (Wildman–Crippen MR) is 92.7 cm³/mol. The molecule has 1 rings (SSSR count). The molecule has 0 saturated heterocycles. The lowest BCUT2D eigenvalue weighted by molar-refractivity contribution is -0.123. The van der Waals surface area contributed by atoms with Gasteiger partial charge in [0.2, 0.25) is 5.91 Å². The minimum absolute atomic E-state index is 0.00422. The number of nitrogens with one attached hydrogen (secondary N) is 2. The summed E-state index contributed by atoms with van der Waals surface area (Å²) in [5.74, 6) is 3.17. The van der Waals surface area contributed by atoms with Gasteiger partial charge in [-0.3, -0.25) is 4.79 Å². The zero-order valence-electron chi connectivity index (χ0n) is 13.3. The van der Waals surface area contributed by atoms with E-state index < -0.39 is 0 Å². The summed E-state index contributed by atoms with van der Waals surface area (Å²) >= 11 is 3.44. The molecular formula is C17H23BrN2O2. The van der Waals surface area contributed by atoms with E-state index in [9.17, 15) is 4.79 Å². The molecule has 0 aliphatic rings. The van der Waals surface area contributed by atoms with Gasteiger partial charge in [-0.25, -0.2) is 0 Å². The van der Waals surface area contributed by atoms with Crippen LogP contribution in [0.25, 0.3) is 0 Å². The lowest BCUT2D eigenvalue weighted by Crippen LogP contribution is -2.45. The minimum Gasteiger partial charge on any atom is -0.481 e. The lowest BCUT2D eigenvalue weighted by Gasteiger charge is -2.18. The quantitative estimate of drug-likeness (QED) is 0.695. The summed E-state index contributed by atoms with van der Waals surface area (Å²) in [6, 6.07) is 5.61. The predicted octanol–water partition coefficient (Wildman–Crippen LogP) is 2.85. The van der Waals surface area contributed by atoms with Crippen molar-refractivity contribution < 1.29 is 9.53 Å². The van der Waals surface area contributed by atoms with Gasteiger partial charge in [-0.05, 0) is 38.5 Å². The first kappa shape index (κ1) is 18.5. The van der Waals surface area contributed by atoms with E-state index in [0.717, 1.165) is 22.2 Å². The zero-order valence-corrected chi connectivity index (χ0v) is 14.9. The number of halogens is 1. The van der Waals surface area contributed by atoms with Crippen LogP contribution >= 0.6 is 15.9 Å². The molecule has 0 heterocycles. The minimum atomic E-state index is -0.284. The fourth-order valence-electron chi connectivity index (χ4n) is 1.77. The molecule has 1 amide bonds. The van der Waals surface area contributed by atoms with E-state index in [1.807, 2.05) is 39.0 Å². The van der Waals surface area contributed by atoms with Gasteiger partial charge in [0.15, 0.2) is 0 Å². The Morgan fingerprint density at radius 1 is 1.45 bits per heavy atom. The average Bonchev–Trinajstić information content (AvgIpc) is 2.51. The second-order valence-corrected chi connectivity index (χ2v) is 6.08. The molecule has 2 atom stereocenters. The first-order chi connectivity index (χ1) is 10.5.